The summed E-state index contributed by atoms with van der Waals surface area (Å²) in [6.07, 6.45) is 1.40. The van der Waals surface area contributed by atoms with Crippen LogP contribution in [0, 0.1) is 0 Å². The molecule has 8 heteroatoms. The maximum atomic E-state index is 12.0. The summed E-state index contributed by atoms with van der Waals surface area (Å²) in [7, 11) is 0. The second-order valence-corrected chi connectivity index (χ2v) is 6.79. The van der Waals surface area contributed by atoms with Crippen LogP contribution in [0.15, 0.2) is 54.6 Å². The number of hydrogen-bond donors (Lipinski definition) is 2. The highest BCUT2D eigenvalue weighted by Crippen LogP contribution is 2.15. The van der Waals surface area contributed by atoms with E-state index in [2.05, 4.69) is 45.4 Å². The van der Waals surface area contributed by atoms with Crippen LogP contribution in [0.1, 0.15) is 12.0 Å². The molecular weight excluding hydrogens is 431 g/mol. The van der Waals surface area contributed by atoms with Crippen LogP contribution in [-0.4, -0.2) is 50.1 Å². The lowest BCUT2D eigenvalue weighted by Crippen LogP contribution is -2.47. The molecule has 1 fully saturated rings. The lowest BCUT2D eigenvalue weighted by molar-refractivity contribution is -0.120. The van der Waals surface area contributed by atoms with Crippen molar-refractivity contribution in [2.24, 2.45) is 0 Å². The number of hydrogen-bond acceptors (Lipinski definition) is 4. The SMILES string of the molecule is Cl.Cl.Cl.Nc1ccc(CC(=O)NCCCN2CCN(c3ccccc3)CC2)cc1. The first-order valence-corrected chi connectivity index (χ1v) is 9.34. The van der Waals surface area contributed by atoms with Gasteiger partial charge in [-0.15, -0.1) is 37.2 Å². The third kappa shape index (κ3) is 9.13. The third-order valence-corrected chi connectivity index (χ3v) is 4.81. The molecule has 0 aromatic heterocycles. The summed E-state index contributed by atoms with van der Waals surface area (Å²) < 4.78 is 0. The molecule has 5 nitrogen and oxygen atoms in total. The fourth-order valence-corrected chi connectivity index (χ4v) is 3.28. The van der Waals surface area contributed by atoms with Crippen molar-refractivity contribution in [3.05, 3.63) is 60.2 Å². The molecule has 162 valence electrons. The van der Waals surface area contributed by atoms with Crippen molar-refractivity contribution in [1.82, 2.24) is 10.2 Å². The Balaban J connectivity index is 0.00000261. The number of carbonyl (C=O) groups excluding carboxylic acids is 1. The van der Waals surface area contributed by atoms with Crippen molar-refractivity contribution in [3.8, 4) is 0 Å². The topological polar surface area (TPSA) is 61.6 Å². The van der Waals surface area contributed by atoms with Gasteiger partial charge in [-0.25, -0.2) is 0 Å². The average molecular weight is 462 g/mol. The molecule has 0 saturated carbocycles. The van der Waals surface area contributed by atoms with E-state index in [1.54, 1.807) is 0 Å². The Morgan fingerprint density at radius 3 is 2.14 bits per heavy atom. The number of nitrogens with two attached hydrogens (primary N) is 1. The number of para-hydroxylation sites is 1. The smallest absolute Gasteiger partial charge is 0.224 e. The number of nitrogens with zero attached hydrogens (tertiary/aromatic N) is 2. The summed E-state index contributed by atoms with van der Waals surface area (Å²) in [6.45, 7) is 6.04. The Kier molecular flexibility index (Phi) is 13.5. The Hall–Kier alpha value is -1.66. The molecule has 0 bridgehead atoms. The maximum absolute atomic E-state index is 12.0. The molecule has 3 N–H and O–H groups in total. The van der Waals surface area contributed by atoms with Crippen LogP contribution >= 0.6 is 37.2 Å². The molecule has 0 aliphatic carbocycles. The van der Waals surface area contributed by atoms with Gasteiger partial charge < -0.3 is 16.0 Å². The number of nitrogens with one attached hydrogen (secondary N) is 1. The lowest BCUT2D eigenvalue weighted by Gasteiger charge is -2.36. The largest absolute Gasteiger partial charge is 0.399 e. The molecule has 1 aliphatic rings. The molecule has 0 unspecified atom stereocenters. The minimum absolute atomic E-state index is 0. The summed E-state index contributed by atoms with van der Waals surface area (Å²) >= 11 is 0. The van der Waals surface area contributed by atoms with Gasteiger partial charge in [0.1, 0.15) is 0 Å². The van der Waals surface area contributed by atoms with E-state index in [-0.39, 0.29) is 43.1 Å². The van der Waals surface area contributed by atoms with Gasteiger partial charge >= 0.3 is 0 Å². The van der Waals surface area contributed by atoms with E-state index in [0.717, 1.165) is 56.9 Å². The summed E-state index contributed by atoms with van der Waals surface area (Å²) in [5.74, 6) is 0.0728. The van der Waals surface area contributed by atoms with Crippen LogP contribution in [0.3, 0.4) is 0 Å². The zero-order chi connectivity index (χ0) is 18.2. The van der Waals surface area contributed by atoms with Crippen LogP contribution in [0.2, 0.25) is 0 Å². The highest BCUT2D eigenvalue weighted by atomic mass is 35.5. The molecule has 1 heterocycles. The van der Waals surface area contributed by atoms with Crippen LogP contribution in [-0.2, 0) is 11.2 Å². The van der Waals surface area contributed by atoms with Crippen LogP contribution < -0.4 is 16.0 Å². The predicted molar refractivity (Wildman–Crippen MR) is 129 cm³/mol. The second kappa shape index (κ2) is 14.3. The van der Waals surface area contributed by atoms with Gasteiger partial charge in [0.2, 0.25) is 5.91 Å². The monoisotopic (exact) mass is 460 g/mol. The lowest BCUT2D eigenvalue weighted by atomic mass is 10.1. The highest BCUT2D eigenvalue weighted by molar-refractivity contribution is 5.86. The fraction of sp³-hybridized carbons (Fsp3) is 0.381. The van der Waals surface area contributed by atoms with Crippen LogP contribution in [0.4, 0.5) is 11.4 Å². The van der Waals surface area contributed by atoms with E-state index in [4.69, 9.17) is 5.73 Å². The summed E-state index contributed by atoms with van der Waals surface area (Å²) in [4.78, 5) is 16.9. The van der Waals surface area contributed by atoms with Crippen LogP contribution in [0.25, 0.3) is 0 Å². The second-order valence-electron chi connectivity index (χ2n) is 6.79. The van der Waals surface area contributed by atoms with Crippen molar-refractivity contribution >= 4 is 54.5 Å². The zero-order valence-corrected chi connectivity index (χ0v) is 18.9. The maximum Gasteiger partial charge on any atom is 0.224 e. The molecule has 3 rings (SSSR count). The van der Waals surface area contributed by atoms with Crippen molar-refractivity contribution in [3.63, 3.8) is 0 Å². The summed E-state index contributed by atoms with van der Waals surface area (Å²) in [6, 6.07) is 18.1. The first-order valence-electron chi connectivity index (χ1n) is 9.34. The van der Waals surface area contributed by atoms with Gasteiger partial charge in [-0.3, -0.25) is 9.69 Å². The minimum atomic E-state index is 0. The number of halogens is 3. The summed E-state index contributed by atoms with van der Waals surface area (Å²) in [5.41, 5.74) is 8.69. The molecule has 1 amide bonds. The van der Waals surface area contributed by atoms with E-state index >= 15 is 0 Å². The molecule has 1 saturated heterocycles. The first-order chi connectivity index (χ1) is 12.7. The minimum Gasteiger partial charge on any atom is -0.399 e. The van der Waals surface area contributed by atoms with Gasteiger partial charge in [0.15, 0.2) is 0 Å². The molecule has 1 aliphatic heterocycles. The highest BCUT2D eigenvalue weighted by Gasteiger charge is 2.16. The Morgan fingerprint density at radius 2 is 1.52 bits per heavy atom. The van der Waals surface area contributed by atoms with Crippen molar-refractivity contribution in [2.45, 2.75) is 12.8 Å². The molecule has 0 radical (unpaired) electrons. The van der Waals surface area contributed by atoms with E-state index in [0.29, 0.717) is 6.42 Å². The van der Waals surface area contributed by atoms with E-state index in [1.807, 2.05) is 24.3 Å². The number of benzene rings is 2. The molecule has 2 aromatic rings. The third-order valence-electron chi connectivity index (χ3n) is 4.81. The quantitative estimate of drug-likeness (QED) is 0.490. The Labute approximate surface area is 192 Å². The van der Waals surface area contributed by atoms with Gasteiger partial charge in [-0.2, -0.15) is 0 Å². The molecule has 0 atom stereocenters. The zero-order valence-electron chi connectivity index (χ0n) is 16.5. The molecule has 29 heavy (non-hydrogen) atoms. The molecular formula is C21H31Cl3N4O. The van der Waals surface area contributed by atoms with E-state index in [9.17, 15) is 4.79 Å². The first kappa shape index (κ1) is 27.3. The van der Waals surface area contributed by atoms with Crippen molar-refractivity contribution < 1.29 is 4.79 Å². The van der Waals surface area contributed by atoms with Crippen molar-refractivity contribution in [1.29, 1.82) is 0 Å². The van der Waals surface area contributed by atoms with Gasteiger partial charge in [-0.05, 0) is 42.8 Å². The van der Waals surface area contributed by atoms with Crippen molar-refractivity contribution in [2.75, 3.05) is 49.9 Å². The standard InChI is InChI=1S/C21H28N4O.3ClH/c22-19-9-7-18(8-10-19)17-21(26)23-11-4-12-24-13-15-25(16-14-24)20-5-2-1-3-6-20;;;/h1-3,5-10H,4,11-17,22H2,(H,23,26);3*1H. The number of rotatable bonds is 7. The van der Waals surface area contributed by atoms with Gasteiger partial charge in [0, 0.05) is 44.1 Å². The number of piperazine rings is 1. The van der Waals surface area contributed by atoms with Gasteiger partial charge in [-0.1, -0.05) is 30.3 Å². The van der Waals surface area contributed by atoms with E-state index in [1.165, 1.54) is 5.69 Å². The Morgan fingerprint density at radius 1 is 0.897 bits per heavy atom. The molecule has 0 spiro atoms. The van der Waals surface area contributed by atoms with E-state index < -0.39 is 0 Å². The fourth-order valence-electron chi connectivity index (χ4n) is 3.28. The number of nitrogen functional groups attached to an aromatic ring is 1. The van der Waals surface area contributed by atoms with Gasteiger partial charge in [0.25, 0.3) is 0 Å². The van der Waals surface area contributed by atoms with Gasteiger partial charge in [0.05, 0.1) is 6.42 Å². The molecule has 2 aromatic carbocycles. The average Bonchev–Trinajstić information content (AvgIpc) is 2.68. The number of amides is 1. The predicted octanol–water partition coefficient (Wildman–Crippen LogP) is 3.41. The summed E-state index contributed by atoms with van der Waals surface area (Å²) in [5, 5.41) is 3.01. The number of anilines is 2. The number of carbonyl (C=O) groups is 1. The Bertz CT molecular complexity index is 693. The van der Waals surface area contributed by atoms with Crippen LogP contribution in [0.5, 0.6) is 0 Å². The normalized spacial score (nSPS) is 13.4.